The first-order valence-electron chi connectivity index (χ1n) is 7.64. The van der Waals surface area contributed by atoms with Crippen molar-refractivity contribution in [1.82, 2.24) is 14.9 Å². The van der Waals surface area contributed by atoms with Gasteiger partial charge >= 0.3 is 0 Å². The third-order valence-electron chi connectivity index (χ3n) is 3.72. The molecule has 0 aliphatic heterocycles. The Morgan fingerprint density at radius 1 is 1.22 bits per heavy atom. The molecule has 3 rings (SSSR count). The molecule has 1 amide bonds. The first kappa shape index (κ1) is 15.5. The molecular weight excluding hydrogens is 306 g/mol. The van der Waals surface area contributed by atoms with E-state index in [-0.39, 0.29) is 11.9 Å². The van der Waals surface area contributed by atoms with E-state index in [4.69, 9.17) is 0 Å². The molecule has 0 aliphatic carbocycles. The van der Waals surface area contributed by atoms with Gasteiger partial charge in [-0.25, -0.2) is 0 Å². The summed E-state index contributed by atoms with van der Waals surface area (Å²) >= 11 is 1.65. The van der Waals surface area contributed by atoms with Gasteiger partial charge in [-0.3, -0.25) is 9.78 Å². The Bertz CT molecular complexity index is 674. The first-order chi connectivity index (χ1) is 11.3. The third-order valence-corrected chi connectivity index (χ3v) is 4.43. The Balaban J connectivity index is 1.56. The van der Waals surface area contributed by atoms with Gasteiger partial charge in [0, 0.05) is 37.3 Å². The first-order valence-corrected chi connectivity index (χ1v) is 8.58. The summed E-state index contributed by atoms with van der Waals surface area (Å²) in [6.07, 6.45) is 6.97. The number of nitrogens with zero attached hydrogens (tertiary/aromatic N) is 2. The van der Waals surface area contributed by atoms with Crippen LogP contribution in [-0.2, 0) is 11.2 Å². The lowest BCUT2D eigenvalue weighted by Crippen LogP contribution is -2.28. The molecule has 3 heterocycles. The lowest BCUT2D eigenvalue weighted by atomic mass is 10.1. The molecule has 3 aromatic heterocycles. The van der Waals surface area contributed by atoms with Gasteiger partial charge in [-0.2, -0.15) is 11.3 Å². The maximum absolute atomic E-state index is 12.3. The van der Waals surface area contributed by atoms with Gasteiger partial charge in [0.1, 0.15) is 0 Å². The second kappa shape index (κ2) is 7.74. The molecule has 0 aromatic carbocycles. The van der Waals surface area contributed by atoms with Gasteiger partial charge in [-0.1, -0.05) is 6.07 Å². The van der Waals surface area contributed by atoms with Gasteiger partial charge in [0.25, 0.3) is 0 Å². The summed E-state index contributed by atoms with van der Waals surface area (Å²) in [7, 11) is 0. The largest absolute Gasteiger partial charge is 0.356 e. The Kier molecular flexibility index (Phi) is 5.21. The van der Waals surface area contributed by atoms with Crippen molar-refractivity contribution < 1.29 is 4.79 Å². The fraction of sp³-hybridized carbons (Fsp3) is 0.222. The number of hydrogen-bond acceptors (Lipinski definition) is 3. The van der Waals surface area contributed by atoms with E-state index in [1.54, 1.807) is 17.5 Å². The van der Waals surface area contributed by atoms with E-state index in [2.05, 4.69) is 26.3 Å². The second-order valence-corrected chi connectivity index (χ2v) is 6.11. The molecule has 0 aliphatic rings. The van der Waals surface area contributed by atoms with Crippen molar-refractivity contribution in [3.8, 4) is 0 Å². The van der Waals surface area contributed by atoms with Crippen molar-refractivity contribution in [1.29, 1.82) is 0 Å². The Morgan fingerprint density at radius 3 is 2.78 bits per heavy atom. The molecule has 5 heteroatoms. The molecule has 1 unspecified atom stereocenters. The summed E-state index contributed by atoms with van der Waals surface area (Å²) in [6.45, 7) is 0.609. The van der Waals surface area contributed by atoms with Crippen LogP contribution >= 0.6 is 11.3 Å². The SMILES string of the molecule is O=C(CC(c1ccsc1)n1cccc1)NCCc1ccccn1. The van der Waals surface area contributed by atoms with Crippen molar-refractivity contribution in [2.45, 2.75) is 18.9 Å². The van der Waals surface area contributed by atoms with Crippen molar-refractivity contribution in [2.75, 3.05) is 6.54 Å². The second-order valence-electron chi connectivity index (χ2n) is 5.33. The quantitative estimate of drug-likeness (QED) is 0.724. The van der Waals surface area contributed by atoms with Crippen molar-refractivity contribution in [3.63, 3.8) is 0 Å². The number of carbonyl (C=O) groups is 1. The summed E-state index contributed by atoms with van der Waals surface area (Å²) in [5.74, 6) is 0.0610. The van der Waals surface area contributed by atoms with Gasteiger partial charge in [0.05, 0.1) is 12.5 Å². The molecule has 3 aromatic rings. The number of thiophene rings is 1. The normalized spacial score (nSPS) is 12.0. The van der Waals surface area contributed by atoms with Crippen LogP contribution in [-0.4, -0.2) is 22.0 Å². The van der Waals surface area contributed by atoms with Gasteiger partial charge in [0.15, 0.2) is 0 Å². The van der Waals surface area contributed by atoms with Crippen molar-refractivity contribution in [2.24, 2.45) is 0 Å². The predicted molar refractivity (Wildman–Crippen MR) is 92.5 cm³/mol. The molecule has 0 saturated heterocycles. The van der Waals surface area contributed by atoms with Crippen LogP contribution in [0.1, 0.15) is 23.7 Å². The molecule has 0 bridgehead atoms. The van der Waals surface area contributed by atoms with E-state index in [1.165, 1.54) is 5.56 Å². The zero-order valence-electron chi connectivity index (χ0n) is 12.8. The van der Waals surface area contributed by atoms with E-state index >= 15 is 0 Å². The highest BCUT2D eigenvalue weighted by molar-refractivity contribution is 7.08. The number of aromatic nitrogens is 2. The molecule has 4 nitrogen and oxygen atoms in total. The Morgan fingerprint density at radius 2 is 2.09 bits per heavy atom. The monoisotopic (exact) mass is 325 g/mol. The average molecular weight is 325 g/mol. The average Bonchev–Trinajstić information content (AvgIpc) is 3.27. The molecule has 0 radical (unpaired) electrons. The highest BCUT2D eigenvalue weighted by Gasteiger charge is 2.17. The number of hydrogen-bond donors (Lipinski definition) is 1. The lowest BCUT2D eigenvalue weighted by Gasteiger charge is -2.18. The summed E-state index contributed by atoms with van der Waals surface area (Å²) < 4.78 is 2.08. The van der Waals surface area contributed by atoms with Crippen molar-refractivity contribution >= 4 is 17.2 Å². The third kappa shape index (κ3) is 4.29. The minimum atomic E-state index is 0.0473. The number of nitrogens with one attached hydrogen (secondary N) is 1. The minimum absolute atomic E-state index is 0.0473. The van der Waals surface area contributed by atoms with Gasteiger partial charge in [-0.15, -0.1) is 0 Å². The summed E-state index contributed by atoms with van der Waals surface area (Å²) in [6, 6.07) is 11.9. The Labute approximate surface area is 139 Å². The fourth-order valence-corrected chi connectivity index (χ4v) is 3.25. The van der Waals surface area contributed by atoms with Crippen LogP contribution < -0.4 is 5.32 Å². The Hall–Kier alpha value is -2.40. The van der Waals surface area contributed by atoms with E-state index in [0.29, 0.717) is 13.0 Å². The molecule has 0 spiro atoms. The zero-order valence-corrected chi connectivity index (χ0v) is 13.6. The molecule has 0 fully saturated rings. The van der Waals surface area contributed by atoms with E-state index in [9.17, 15) is 4.79 Å². The van der Waals surface area contributed by atoms with E-state index in [1.807, 2.05) is 48.1 Å². The van der Waals surface area contributed by atoms with E-state index in [0.717, 1.165) is 12.1 Å². The summed E-state index contributed by atoms with van der Waals surface area (Å²) in [5, 5.41) is 7.15. The molecule has 0 saturated carbocycles. The van der Waals surface area contributed by atoms with Gasteiger partial charge in [-0.05, 0) is 46.7 Å². The van der Waals surface area contributed by atoms with Crippen LogP contribution in [0.2, 0.25) is 0 Å². The summed E-state index contributed by atoms with van der Waals surface area (Å²) in [5.41, 5.74) is 2.17. The molecule has 23 heavy (non-hydrogen) atoms. The fourth-order valence-electron chi connectivity index (χ4n) is 2.54. The zero-order chi connectivity index (χ0) is 15.9. The van der Waals surface area contributed by atoms with Crippen molar-refractivity contribution in [3.05, 3.63) is 77.0 Å². The summed E-state index contributed by atoms with van der Waals surface area (Å²) in [4.78, 5) is 16.6. The highest BCUT2D eigenvalue weighted by atomic mass is 32.1. The van der Waals surface area contributed by atoms with Crippen LogP contribution in [0.5, 0.6) is 0 Å². The maximum Gasteiger partial charge on any atom is 0.222 e. The number of rotatable bonds is 7. The van der Waals surface area contributed by atoms with Crippen LogP contribution in [0.15, 0.2) is 65.7 Å². The van der Waals surface area contributed by atoms with Crippen LogP contribution in [0.3, 0.4) is 0 Å². The molecular formula is C18H19N3OS. The van der Waals surface area contributed by atoms with Crippen LogP contribution in [0.4, 0.5) is 0 Å². The van der Waals surface area contributed by atoms with E-state index < -0.39 is 0 Å². The number of pyridine rings is 1. The van der Waals surface area contributed by atoms with Crippen LogP contribution in [0.25, 0.3) is 0 Å². The lowest BCUT2D eigenvalue weighted by molar-refractivity contribution is -0.121. The smallest absolute Gasteiger partial charge is 0.222 e. The molecule has 118 valence electrons. The van der Waals surface area contributed by atoms with Gasteiger partial charge < -0.3 is 9.88 Å². The minimum Gasteiger partial charge on any atom is -0.356 e. The topological polar surface area (TPSA) is 46.9 Å². The highest BCUT2D eigenvalue weighted by Crippen LogP contribution is 2.24. The molecule has 1 N–H and O–H groups in total. The van der Waals surface area contributed by atoms with Gasteiger partial charge in [0.2, 0.25) is 5.91 Å². The van der Waals surface area contributed by atoms with Crippen LogP contribution in [0, 0.1) is 0 Å². The predicted octanol–water partition coefficient (Wildman–Crippen LogP) is 3.28. The number of amides is 1. The molecule has 1 atom stereocenters. The maximum atomic E-state index is 12.3. The standard InChI is InChI=1S/C18H19N3OS/c22-18(20-9-6-16-5-1-2-8-19-16)13-17(15-7-12-23-14-15)21-10-3-4-11-21/h1-5,7-8,10-12,14,17H,6,9,13H2,(H,20,22). The number of carbonyl (C=O) groups excluding carboxylic acids is 1.